The Morgan fingerprint density at radius 2 is 2.12 bits per heavy atom. The van der Waals surface area contributed by atoms with Crippen molar-refractivity contribution in [2.24, 2.45) is 0 Å². The second kappa shape index (κ2) is 6.17. The van der Waals surface area contributed by atoms with Crippen LogP contribution >= 0.6 is 12.4 Å². The summed E-state index contributed by atoms with van der Waals surface area (Å²) in [5.41, 5.74) is 1.49. The summed E-state index contributed by atoms with van der Waals surface area (Å²) in [4.78, 5) is 12.4. The Kier molecular flexibility index (Phi) is 5.60. The number of halogens is 1. The first-order valence-corrected chi connectivity index (χ1v) is 4.77. The summed E-state index contributed by atoms with van der Waals surface area (Å²) in [6, 6.07) is 5.16. The molecule has 1 aromatic carbocycles. The standard InChI is InChI=1S/C10H15N3O2.ClH/c1-4-12(3)8-5-6-9(11-2)10(7-8)13(14)15;/h5-7,11H,4H2,1-3H3;1H. The minimum absolute atomic E-state index is 0. The van der Waals surface area contributed by atoms with Gasteiger partial charge in [-0.05, 0) is 19.1 Å². The van der Waals surface area contributed by atoms with Crippen LogP contribution in [0.3, 0.4) is 0 Å². The fourth-order valence-corrected chi connectivity index (χ4v) is 1.30. The molecule has 0 saturated heterocycles. The molecule has 1 rings (SSSR count). The summed E-state index contributed by atoms with van der Waals surface area (Å²) >= 11 is 0. The Morgan fingerprint density at radius 1 is 1.50 bits per heavy atom. The highest BCUT2D eigenvalue weighted by atomic mass is 35.5. The van der Waals surface area contributed by atoms with Gasteiger partial charge in [-0.2, -0.15) is 0 Å². The van der Waals surface area contributed by atoms with Gasteiger partial charge in [0.25, 0.3) is 5.69 Å². The van der Waals surface area contributed by atoms with Crippen LogP contribution in [0.15, 0.2) is 18.2 Å². The molecule has 90 valence electrons. The van der Waals surface area contributed by atoms with Crippen LogP contribution in [0.4, 0.5) is 17.1 Å². The van der Waals surface area contributed by atoms with E-state index >= 15 is 0 Å². The van der Waals surface area contributed by atoms with Crippen molar-refractivity contribution < 1.29 is 4.92 Å². The third kappa shape index (κ3) is 3.00. The topological polar surface area (TPSA) is 58.4 Å². The van der Waals surface area contributed by atoms with Crippen LogP contribution in [0.25, 0.3) is 0 Å². The molecule has 0 fully saturated rings. The van der Waals surface area contributed by atoms with Crippen molar-refractivity contribution in [3.63, 3.8) is 0 Å². The summed E-state index contributed by atoms with van der Waals surface area (Å²) in [6.45, 7) is 2.81. The van der Waals surface area contributed by atoms with Crippen LogP contribution in [0, 0.1) is 10.1 Å². The van der Waals surface area contributed by atoms with E-state index in [2.05, 4.69) is 5.32 Å². The first-order valence-electron chi connectivity index (χ1n) is 4.77. The van der Waals surface area contributed by atoms with Crippen molar-refractivity contribution in [2.45, 2.75) is 6.92 Å². The molecule has 0 amide bonds. The molecule has 16 heavy (non-hydrogen) atoms. The zero-order valence-electron chi connectivity index (χ0n) is 9.56. The van der Waals surface area contributed by atoms with Gasteiger partial charge in [0, 0.05) is 32.4 Å². The number of benzene rings is 1. The maximum atomic E-state index is 10.8. The van der Waals surface area contributed by atoms with Crippen molar-refractivity contribution in [1.82, 2.24) is 0 Å². The third-order valence-corrected chi connectivity index (χ3v) is 2.36. The van der Waals surface area contributed by atoms with E-state index in [4.69, 9.17) is 0 Å². The van der Waals surface area contributed by atoms with Crippen molar-refractivity contribution in [3.05, 3.63) is 28.3 Å². The summed E-state index contributed by atoms with van der Waals surface area (Å²) < 4.78 is 0. The predicted octanol–water partition coefficient (Wildman–Crippen LogP) is 2.51. The summed E-state index contributed by atoms with van der Waals surface area (Å²) in [5, 5.41) is 13.6. The van der Waals surface area contributed by atoms with E-state index in [9.17, 15) is 10.1 Å². The lowest BCUT2D eigenvalue weighted by atomic mass is 10.2. The zero-order chi connectivity index (χ0) is 11.4. The van der Waals surface area contributed by atoms with E-state index in [1.54, 1.807) is 19.2 Å². The van der Waals surface area contributed by atoms with Gasteiger partial charge in [-0.1, -0.05) is 0 Å². The lowest BCUT2D eigenvalue weighted by Gasteiger charge is -2.16. The van der Waals surface area contributed by atoms with Crippen LogP contribution in [0.5, 0.6) is 0 Å². The number of anilines is 2. The first kappa shape index (κ1) is 14.5. The molecule has 1 N–H and O–H groups in total. The van der Waals surface area contributed by atoms with Gasteiger partial charge in [0.15, 0.2) is 0 Å². The number of hydrogen-bond acceptors (Lipinski definition) is 4. The number of nitro groups is 1. The van der Waals surface area contributed by atoms with Crippen molar-refractivity contribution in [1.29, 1.82) is 0 Å². The minimum atomic E-state index is -0.376. The lowest BCUT2D eigenvalue weighted by molar-refractivity contribution is -0.383. The smallest absolute Gasteiger partial charge is 0.294 e. The van der Waals surface area contributed by atoms with E-state index in [1.165, 1.54) is 0 Å². The molecule has 0 unspecified atom stereocenters. The van der Waals surface area contributed by atoms with Crippen molar-refractivity contribution in [2.75, 3.05) is 30.9 Å². The molecule has 1 aromatic rings. The molecule has 0 aromatic heterocycles. The van der Waals surface area contributed by atoms with Gasteiger partial charge >= 0.3 is 0 Å². The summed E-state index contributed by atoms with van der Waals surface area (Å²) in [6.07, 6.45) is 0. The molecule has 0 heterocycles. The Labute approximate surface area is 101 Å². The van der Waals surface area contributed by atoms with Gasteiger partial charge in [0.05, 0.1) is 4.92 Å². The van der Waals surface area contributed by atoms with Gasteiger partial charge < -0.3 is 10.2 Å². The third-order valence-electron chi connectivity index (χ3n) is 2.36. The molecule has 6 heteroatoms. The maximum Gasteiger partial charge on any atom is 0.294 e. The molecule has 0 saturated carbocycles. The van der Waals surface area contributed by atoms with Crippen LogP contribution < -0.4 is 10.2 Å². The average molecular weight is 246 g/mol. The highest BCUT2D eigenvalue weighted by Crippen LogP contribution is 2.28. The van der Waals surface area contributed by atoms with E-state index in [-0.39, 0.29) is 23.0 Å². The zero-order valence-corrected chi connectivity index (χ0v) is 10.4. The van der Waals surface area contributed by atoms with E-state index in [0.29, 0.717) is 5.69 Å². The van der Waals surface area contributed by atoms with Crippen LogP contribution in [0.2, 0.25) is 0 Å². The molecular weight excluding hydrogens is 230 g/mol. The Balaban J connectivity index is 0.00000225. The highest BCUT2D eigenvalue weighted by Gasteiger charge is 2.14. The Morgan fingerprint density at radius 3 is 2.56 bits per heavy atom. The molecule has 0 aliphatic heterocycles. The van der Waals surface area contributed by atoms with E-state index in [1.807, 2.05) is 24.9 Å². The summed E-state index contributed by atoms with van der Waals surface area (Å²) in [7, 11) is 3.57. The number of nitrogens with one attached hydrogen (secondary N) is 1. The average Bonchev–Trinajstić information content (AvgIpc) is 2.27. The monoisotopic (exact) mass is 245 g/mol. The highest BCUT2D eigenvalue weighted by molar-refractivity contribution is 5.85. The number of hydrogen-bond donors (Lipinski definition) is 1. The minimum Gasteiger partial charge on any atom is -0.383 e. The largest absolute Gasteiger partial charge is 0.383 e. The number of nitro benzene ring substituents is 1. The normalized spacial score (nSPS) is 9.19. The number of rotatable bonds is 4. The SMILES string of the molecule is CCN(C)c1ccc(NC)c([N+](=O)[O-])c1.Cl. The van der Waals surface area contributed by atoms with Gasteiger partial charge in [0.2, 0.25) is 0 Å². The molecule has 5 nitrogen and oxygen atoms in total. The molecule has 0 radical (unpaired) electrons. The van der Waals surface area contributed by atoms with Crippen molar-refractivity contribution in [3.8, 4) is 0 Å². The quantitative estimate of drug-likeness (QED) is 0.654. The van der Waals surface area contributed by atoms with Gasteiger partial charge in [-0.3, -0.25) is 10.1 Å². The second-order valence-corrected chi connectivity index (χ2v) is 3.22. The predicted molar refractivity (Wildman–Crippen MR) is 68.8 cm³/mol. The van der Waals surface area contributed by atoms with Crippen LogP contribution in [0.1, 0.15) is 6.92 Å². The first-order chi connectivity index (χ1) is 7.10. The Bertz CT molecular complexity index is 371. The van der Waals surface area contributed by atoms with Crippen LogP contribution in [-0.4, -0.2) is 25.6 Å². The maximum absolute atomic E-state index is 10.8. The molecule has 0 aliphatic rings. The van der Waals surface area contributed by atoms with Gasteiger partial charge in [0.1, 0.15) is 5.69 Å². The Hall–Kier alpha value is -1.49. The molecule has 0 aliphatic carbocycles. The van der Waals surface area contributed by atoms with E-state index < -0.39 is 0 Å². The number of nitrogens with zero attached hydrogens (tertiary/aromatic N) is 2. The fraction of sp³-hybridized carbons (Fsp3) is 0.400. The molecule has 0 spiro atoms. The van der Waals surface area contributed by atoms with E-state index in [0.717, 1.165) is 12.2 Å². The second-order valence-electron chi connectivity index (χ2n) is 3.22. The van der Waals surface area contributed by atoms with Crippen LogP contribution in [-0.2, 0) is 0 Å². The van der Waals surface area contributed by atoms with Gasteiger partial charge in [-0.15, -0.1) is 12.4 Å². The van der Waals surface area contributed by atoms with Crippen molar-refractivity contribution >= 4 is 29.5 Å². The fourth-order valence-electron chi connectivity index (χ4n) is 1.30. The lowest BCUT2D eigenvalue weighted by Crippen LogP contribution is -2.15. The molecular formula is C10H16ClN3O2. The van der Waals surface area contributed by atoms with Gasteiger partial charge in [-0.25, -0.2) is 0 Å². The molecule has 0 bridgehead atoms. The molecule has 0 atom stereocenters. The summed E-state index contributed by atoms with van der Waals surface area (Å²) in [5.74, 6) is 0.